The molecule has 1 aromatic heterocycles. The van der Waals surface area contributed by atoms with Gasteiger partial charge in [0.1, 0.15) is 5.76 Å². The van der Waals surface area contributed by atoms with E-state index in [1.165, 1.54) is 0 Å². The van der Waals surface area contributed by atoms with Crippen molar-refractivity contribution in [1.29, 1.82) is 0 Å². The lowest BCUT2D eigenvalue weighted by Crippen LogP contribution is -2.32. The standard InChI is InChI=1S/C9H15NO2/c1-9(2,6-11)8(10)7-4-3-5-12-7/h3-5,8,11H,6,10H2,1-2H3/t8-/m1/s1. The van der Waals surface area contributed by atoms with Crippen LogP contribution in [-0.2, 0) is 0 Å². The van der Waals surface area contributed by atoms with E-state index in [2.05, 4.69) is 0 Å². The lowest BCUT2D eigenvalue weighted by Gasteiger charge is -2.27. The smallest absolute Gasteiger partial charge is 0.121 e. The molecule has 0 bridgehead atoms. The highest BCUT2D eigenvalue weighted by Crippen LogP contribution is 2.30. The van der Waals surface area contributed by atoms with Gasteiger partial charge in [0.2, 0.25) is 0 Å². The molecule has 0 unspecified atom stereocenters. The monoisotopic (exact) mass is 169 g/mol. The molecule has 0 radical (unpaired) electrons. The van der Waals surface area contributed by atoms with Crippen molar-refractivity contribution in [3.8, 4) is 0 Å². The molecule has 68 valence electrons. The quantitative estimate of drug-likeness (QED) is 0.717. The van der Waals surface area contributed by atoms with Crippen molar-refractivity contribution in [2.75, 3.05) is 6.61 Å². The summed E-state index contributed by atoms with van der Waals surface area (Å²) in [7, 11) is 0. The van der Waals surface area contributed by atoms with Gasteiger partial charge in [-0.25, -0.2) is 0 Å². The van der Waals surface area contributed by atoms with Crippen LogP contribution in [0.1, 0.15) is 25.6 Å². The molecular formula is C9H15NO2. The fourth-order valence-corrected chi connectivity index (χ4v) is 0.952. The summed E-state index contributed by atoms with van der Waals surface area (Å²) in [5.41, 5.74) is 5.54. The zero-order chi connectivity index (χ0) is 9.19. The molecule has 3 nitrogen and oxygen atoms in total. The third-order valence-corrected chi connectivity index (χ3v) is 2.10. The van der Waals surface area contributed by atoms with Crippen molar-refractivity contribution in [3.63, 3.8) is 0 Å². The molecule has 1 rings (SSSR count). The Bertz CT molecular complexity index is 229. The first-order valence-electron chi connectivity index (χ1n) is 3.98. The first kappa shape index (κ1) is 9.29. The molecule has 1 heterocycles. The van der Waals surface area contributed by atoms with Crippen LogP contribution >= 0.6 is 0 Å². The molecule has 0 aliphatic heterocycles. The molecule has 1 aromatic rings. The third kappa shape index (κ3) is 1.68. The van der Waals surface area contributed by atoms with Crippen LogP contribution in [0.2, 0.25) is 0 Å². The highest BCUT2D eigenvalue weighted by Gasteiger charge is 2.28. The Hall–Kier alpha value is -0.800. The molecule has 0 amide bonds. The van der Waals surface area contributed by atoms with Crippen LogP contribution in [0, 0.1) is 5.41 Å². The van der Waals surface area contributed by atoms with Gasteiger partial charge in [-0.05, 0) is 12.1 Å². The molecule has 0 spiro atoms. The normalized spacial score (nSPS) is 14.7. The Morgan fingerprint density at radius 2 is 2.33 bits per heavy atom. The van der Waals surface area contributed by atoms with Crippen LogP contribution < -0.4 is 5.73 Å². The number of aliphatic hydroxyl groups excluding tert-OH is 1. The van der Waals surface area contributed by atoms with E-state index in [1.807, 2.05) is 19.9 Å². The lowest BCUT2D eigenvalue weighted by atomic mass is 9.84. The van der Waals surface area contributed by atoms with Crippen molar-refractivity contribution in [3.05, 3.63) is 24.2 Å². The second kappa shape index (κ2) is 3.29. The fourth-order valence-electron chi connectivity index (χ4n) is 0.952. The predicted octanol–water partition coefficient (Wildman–Crippen LogP) is 1.30. The summed E-state index contributed by atoms with van der Waals surface area (Å²) >= 11 is 0. The maximum atomic E-state index is 9.04. The SMILES string of the molecule is CC(C)(CO)[C@H](N)c1ccco1. The van der Waals surface area contributed by atoms with E-state index in [1.54, 1.807) is 12.3 Å². The molecule has 3 N–H and O–H groups in total. The van der Waals surface area contributed by atoms with Crippen LogP contribution in [0.25, 0.3) is 0 Å². The molecule has 0 aliphatic carbocycles. The molecular weight excluding hydrogens is 154 g/mol. The first-order chi connectivity index (χ1) is 5.58. The molecule has 3 heteroatoms. The summed E-state index contributed by atoms with van der Waals surface area (Å²) in [4.78, 5) is 0. The Morgan fingerprint density at radius 3 is 2.75 bits per heavy atom. The molecule has 0 fully saturated rings. The number of rotatable bonds is 3. The minimum atomic E-state index is -0.335. The van der Waals surface area contributed by atoms with Gasteiger partial charge in [-0.1, -0.05) is 13.8 Å². The van der Waals surface area contributed by atoms with Crippen molar-refractivity contribution in [2.45, 2.75) is 19.9 Å². The predicted molar refractivity (Wildman–Crippen MR) is 46.5 cm³/mol. The van der Waals surface area contributed by atoms with E-state index in [4.69, 9.17) is 15.3 Å². The molecule has 1 atom stereocenters. The first-order valence-corrected chi connectivity index (χ1v) is 3.98. The summed E-state index contributed by atoms with van der Waals surface area (Å²) in [5.74, 6) is 0.717. The van der Waals surface area contributed by atoms with Crippen LogP contribution in [0.5, 0.6) is 0 Å². The summed E-state index contributed by atoms with van der Waals surface area (Å²) < 4.78 is 5.15. The van der Waals surface area contributed by atoms with E-state index in [-0.39, 0.29) is 18.1 Å². The third-order valence-electron chi connectivity index (χ3n) is 2.10. The summed E-state index contributed by atoms with van der Waals surface area (Å²) in [5, 5.41) is 9.04. The van der Waals surface area contributed by atoms with Gasteiger partial charge in [-0.15, -0.1) is 0 Å². The number of aliphatic hydroxyl groups is 1. The van der Waals surface area contributed by atoms with E-state index in [0.717, 1.165) is 0 Å². The van der Waals surface area contributed by atoms with Crippen LogP contribution in [-0.4, -0.2) is 11.7 Å². The van der Waals surface area contributed by atoms with Crippen LogP contribution in [0.4, 0.5) is 0 Å². The molecule has 0 aliphatic rings. The zero-order valence-electron chi connectivity index (χ0n) is 7.45. The van der Waals surface area contributed by atoms with Crippen molar-refractivity contribution >= 4 is 0 Å². The number of hydrogen-bond acceptors (Lipinski definition) is 3. The molecule has 0 saturated carbocycles. The molecule has 0 aromatic carbocycles. The van der Waals surface area contributed by atoms with E-state index in [9.17, 15) is 0 Å². The number of furan rings is 1. The summed E-state index contributed by atoms with van der Waals surface area (Å²) in [6, 6.07) is 3.36. The Labute approximate surface area is 72.2 Å². The van der Waals surface area contributed by atoms with E-state index in [0.29, 0.717) is 5.76 Å². The van der Waals surface area contributed by atoms with Crippen molar-refractivity contribution in [1.82, 2.24) is 0 Å². The molecule has 12 heavy (non-hydrogen) atoms. The maximum absolute atomic E-state index is 9.04. The molecule has 0 saturated heterocycles. The van der Waals surface area contributed by atoms with Gasteiger partial charge in [-0.2, -0.15) is 0 Å². The summed E-state index contributed by atoms with van der Waals surface area (Å²) in [6.45, 7) is 3.86. The van der Waals surface area contributed by atoms with Gasteiger partial charge in [0, 0.05) is 5.41 Å². The second-order valence-electron chi connectivity index (χ2n) is 3.64. The van der Waals surface area contributed by atoms with Gasteiger partial charge in [-0.3, -0.25) is 0 Å². The minimum absolute atomic E-state index is 0.0505. The average Bonchev–Trinajstić information content (AvgIpc) is 2.55. The van der Waals surface area contributed by atoms with E-state index < -0.39 is 0 Å². The van der Waals surface area contributed by atoms with Gasteiger partial charge >= 0.3 is 0 Å². The average molecular weight is 169 g/mol. The highest BCUT2D eigenvalue weighted by molar-refractivity contribution is 5.07. The fraction of sp³-hybridized carbons (Fsp3) is 0.556. The Balaban J connectivity index is 2.78. The van der Waals surface area contributed by atoms with E-state index >= 15 is 0 Å². The Morgan fingerprint density at radius 1 is 1.67 bits per heavy atom. The lowest BCUT2D eigenvalue weighted by molar-refractivity contribution is 0.123. The topological polar surface area (TPSA) is 59.4 Å². The highest BCUT2D eigenvalue weighted by atomic mass is 16.3. The van der Waals surface area contributed by atoms with Gasteiger partial charge in [0.05, 0.1) is 18.9 Å². The van der Waals surface area contributed by atoms with Crippen LogP contribution in [0.15, 0.2) is 22.8 Å². The number of hydrogen-bond donors (Lipinski definition) is 2. The van der Waals surface area contributed by atoms with Gasteiger partial charge in [0.25, 0.3) is 0 Å². The van der Waals surface area contributed by atoms with Crippen molar-refractivity contribution < 1.29 is 9.52 Å². The van der Waals surface area contributed by atoms with Gasteiger partial charge in [0.15, 0.2) is 0 Å². The second-order valence-corrected chi connectivity index (χ2v) is 3.64. The van der Waals surface area contributed by atoms with Gasteiger partial charge < -0.3 is 15.3 Å². The minimum Gasteiger partial charge on any atom is -0.468 e. The van der Waals surface area contributed by atoms with Crippen molar-refractivity contribution in [2.24, 2.45) is 11.1 Å². The number of nitrogens with two attached hydrogens (primary N) is 1. The zero-order valence-corrected chi connectivity index (χ0v) is 7.45. The maximum Gasteiger partial charge on any atom is 0.121 e. The largest absolute Gasteiger partial charge is 0.468 e. The van der Waals surface area contributed by atoms with Crippen LogP contribution in [0.3, 0.4) is 0 Å². The summed E-state index contributed by atoms with van der Waals surface area (Å²) in [6.07, 6.45) is 1.59. The Kier molecular flexibility index (Phi) is 2.55.